The molecule has 1 aliphatic rings. The fourth-order valence-electron chi connectivity index (χ4n) is 2.50. The Morgan fingerprint density at radius 1 is 1.48 bits per heavy atom. The lowest BCUT2D eigenvalue weighted by Gasteiger charge is -2.12. The number of nitrogens with one attached hydrogen (secondary N) is 1. The summed E-state index contributed by atoms with van der Waals surface area (Å²) in [4.78, 5) is 11.9. The minimum Gasteiger partial charge on any atom is -0.434 e. The van der Waals surface area contributed by atoms with Gasteiger partial charge in [0.2, 0.25) is 5.88 Å². The molecule has 1 aromatic carbocycles. The van der Waals surface area contributed by atoms with Crippen LogP contribution in [-0.4, -0.2) is 10.2 Å². The summed E-state index contributed by atoms with van der Waals surface area (Å²) >= 11 is 12.2. The maximum Gasteiger partial charge on any atom is 0.268 e. The molecule has 7 heteroatoms. The Hall–Kier alpha value is -1.72. The smallest absolute Gasteiger partial charge is 0.268 e. The van der Waals surface area contributed by atoms with Crippen LogP contribution < -0.4 is 16.0 Å². The van der Waals surface area contributed by atoms with E-state index in [0.717, 1.165) is 6.42 Å². The van der Waals surface area contributed by atoms with E-state index in [1.54, 1.807) is 0 Å². The molecule has 0 fully saturated rings. The number of hydrogen-bond acceptors (Lipinski definition) is 4. The summed E-state index contributed by atoms with van der Waals surface area (Å²) in [6.45, 7) is 1.96. The molecule has 0 bridgehead atoms. The minimum absolute atomic E-state index is 0.0566. The van der Waals surface area contributed by atoms with Crippen LogP contribution in [0.4, 0.5) is 5.69 Å². The summed E-state index contributed by atoms with van der Waals surface area (Å²) in [5.74, 6) is 0.227. The van der Waals surface area contributed by atoms with Crippen molar-refractivity contribution in [1.82, 2.24) is 10.2 Å². The molecule has 3 N–H and O–H groups in total. The van der Waals surface area contributed by atoms with Crippen molar-refractivity contribution in [2.45, 2.75) is 25.7 Å². The summed E-state index contributed by atoms with van der Waals surface area (Å²) in [6.07, 6.45) is 1.46. The zero-order valence-corrected chi connectivity index (χ0v) is 12.6. The van der Waals surface area contributed by atoms with Gasteiger partial charge >= 0.3 is 0 Å². The van der Waals surface area contributed by atoms with E-state index in [-0.39, 0.29) is 50.9 Å². The third-order valence-corrected chi connectivity index (χ3v) is 4.03. The Morgan fingerprint density at radius 2 is 2.14 bits per heavy atom. The van der Waals surface area contributed by atoms with E-state index in [0.29, 0.717) is 17.5 Å². The molecular weight excluding hydrogens is 313 g/mol. The number of hydrogen-bond donors (Lipinski definition) is 2. The van der Waals surface area contributed by atoms with E-state index < -0.39 is 0 Å². The van der Waals surface area contributed by atoms with Gasteiger partial charge in [-0.1, -0.05) is 30.1 Å². The molecule has 110 valence electrons. The molecule has 0 saturated carbocycles. The van der Waals surface area contributed by atoms with E-state index in [9.17, 15) is 4.79 Å². The van der Waals surface area contributed by atoms with Crippen molar-refractivity contribution in [3.8, 4) is 11.6 Å². The molecule has 0 amide bonds. The van der Waals surface area contributed by atoms with Crippen LogP contribution >= 0.6 is 23.2 Å². The molecule has 3 rings (SSSR count). The number of anilines is 1. The van der Waals surface area contributed by atoms with E-state index >= 15 is 0 Å². The van der Waals surface area contributed by atoms with Crippen LogP contribution in [-0.2, 0) is 6.42 Å². The van der Waals surface area contributed by atoms with Crippen LogP contribution in [0.15, 0.2) is 16.9 Å². The van der Waals surface area contributed by atoms with Gasteiger partial charge in [0, 0.05) is 16.8 Å². The summed E-state index contributed by atoms with van der Waals surface area (Å²) in [6, 6.07) is -0.462. The average molecular weight is 328 g/mol. The molecular formula is C14H13Cl2N3O2. The minimum atomic E-state index is -0.241. The lowest BCUT2D eigenvalue weighted by molar-refractivity contribution is 0.448. The molecule has 0 saturated heterocycles. The molecule has 0 unspecified atom stereocenters. The Morgan fingerprint density at radius 3 is 2.81 bits per heavy atom. The quantitative estimate of drug-likeness (QED) is 0.827. The van der Waals surface area contributed by atoms with Gasteiger partial charge in [-0.25, -0.2) is 5.10 Å². The molecule has 21 heavy (non-hydrogen) atoms. The van der Waals surface area contributed by atoms with E-state index in [1.165, 1.54) is 0 Å². The van der Waals surface area contributed by atoms with Gasteiger partial charge < -0.3 is 10.5 Å². The number of H-pyrrole nitrogens is 1. The molecule has 1 aromatic heterocycles. The van der Waals surface area contributed by atoms with Gasteiger partial charge in [-0.15, -0.1) is 5.10 Å². The van der Waals surface area contributed by atoms with Crippen molar-refractivity contribution in [2.24, 2.45) is 0 Å². The number of rotatable bonds is 2. The number of nitrogens with zero attached hydrogens (tertiary/aromatic N) is 1. The number of aromatic amines is 1. The number of halogens is 2. The second-order valence-corrected chi connectivity index (χ2v) is 5.67. The second kappa shape index (κ2) is 5.24. The Kier molecular flexibility index (Phi) is 2.97. The standard InChI is InChI=1S/C14H13Cl2N3O2/c1-6-2-3-8-11(6)13(20)18-19-14(8)21-12-9(15)4-7(17)5-10(12)16/h4-6H,2-3,17H2,1H3,(H,18,20)/t6-/m1/s1/i4D,5D. The van der Waals surface area contributed by atoms with Gasteiger partial charge in [-0.2, -0.15) is 0 Å². The predicted octanol–water partition coefficient (Wildman–Crippen LogP) is 3.50. The van der Waals surface area contributed by atoms with Crippen molar-refractivity contribution in [2.75, 3.05) is 5.73 Å². The molecule has 0 aliphatic heterocycles. The van der Waals surface area contributed by atoms with E-state index in [1.807, 2.05) is 6.92 Å². The molecule has 0 spiro atoms. The lowest BCUT2D eigenvalue weighted by atomic mass is 10.1. The summed E-state index contributed by atoms with van der Waals surface area (Å²) in [5, 5.41) is 6.11. The Bertz CT molecular complexity index is 841. The number of nitrogens with two attached hydrogens (primary N) is 1. The zero-order valence-electron chi connectivity index (χ0n) is 13.1. The zero-order chi connectivity index (χ0) is 16.9. The molecule has 1 atom stereocenters. The SMILES string of the molecule is [2H]c1c(N)c([2H])c(Cl)c(Oc2n[nH]c(=O)c3c2CC[C@H]3C)c1Cl. The lowest BCUT2D eigenvalue weighted by Crippen LogP contribution is -2.16. The molecule has 2 aromatic rings. The Labute approximate surface area is 133 Å². The third-order valence-electron chi connectivity index (χ3n) is 3.49. The monoisotopic (exact) mass is 327 g/mol. The molecule has 5 nitrogen and oxygen atoms in total. The van der Waals surface area contributed by atoms with Crippen molar-refractivity contribution in [3.05, 3.63) is 43.6 Å². The fraction of sp³-hybridized carbons (Fsp3) is 0.286. The highest BCUT2D eigenvalue weighted by atomic mass is 35.5. The van der Waals surface area contributed by atoms with Crippen LogP contribution in [0, 0.1) is 0 Å². The predicted molar refractivity (Wildman–Crippen MR) is 82.5 cm³/mol. The first-order valence-electron chi connectivity index (χ1n) is 7.35. The van der Waals surface area contributed by atoms with Gasteiger partial charge in [-0.3, -0.25) is 4.79 Å². The van der Waals surface area contributed by atoms with Crippen LogP contribution in [0.1, 0.15) is 33.1 Å². The number of aromatic nitrogens is 2. The van der Waals surface area contributed by atoms with Crippen LogP contribution in [0.5, 0.6) is 11.6 Å². The highest BCUT2D eigenvalue weighted by Crippen LogP contribution is 2.41. The number of nitrogen functional groups attached to an aromatic ring is 1. The summed E-state index contributed by atoms with van der Waals surface area (Å²) in [7, 11) is 0. The second-order valence-electron chi connectivity index (χ2n) is 4.91. The Balaban J connectivity index is 2.14. The van der Waals surface area contributed by atoms with Crippen molar-refractivity contribution in [1.29, 1.82) is 0 Å². The highest BCUT2D eigenvalue weighted by molar-refractivity contribution is 6.37. The third kappa shape index (κ3) is 2.47. The van der Waals surface area contributed by atoms with Crippen molar-refractivity contribution < 1.29 is 7.48 Å². The first-order chi connectivity index (χ1) is 10.8. The highest BCUT2D eigenvalue weighted by Gasteiger charge is 2.27. The largest absolute Gasteiger partial charge is 0.434 e. The number of benzene rings is 1. The first-order valence-corrected chi connectivity index (χ1v) is 7.11. The van der Waals surface area contributed by atoms with Gasteiger partial charge in [0.25, 0.3) is 5.56 Å². The number of ether oxygens (including phenoxy) is 1. The molecule has 1 heterocycles. The van der Waals surface area contributed by atoms with E-state index in [2.05, 4.69) is 10.2 Å². The average Bonchev–Trinajstić information content (AvgIpc) is 2.93. The summed E-state index contributed by atoms with van der Waals surface area (Å²) in [5.41, 5.74) is 6.58. The summed E-state index contributed by atoms with van der Waals surface area (Å²) < 4.78 is 21.3. The van der Waals surface area contributed by atoms with Gasteiger partial charge in [-0.05, 0) is 30.8 Å². The topological polar surface area (TPSA) is 81.0 Å². The normalized spacial score (nSPS) is 18.1. The van der Waals surface area contributed by atoms with Crippen molar-refractivity contribution >= 4 is 28.9 Å². The van der Waals surface area contributed by atoms with Crippen LogP contribution in [0.3, 0.4) is 0 Å². The van der Waals surface area contributed by atoms with Gasteiger partial charge in [0.1, 0.15) is 0 Å². The van der Waals surface area contributed by atoms with Crippen LogP contribution in [0.25, 0.3) is 0 Å². The molecule has 1 aliphatic carbocycles. The van der Waals surface area contributed by atoms with Crippen molar-refractivity contribution in [3.63, 3.8) is 0 Å². The first kappa shape index (κ1) is 11.9. The maximum atomic E-state index is 11.9. The number of fused-ring (bicyclic) bond motifs is 1. The fourth-order valence-corrected chi connectivity index (χ4v) is 3.02. The maximum absolute atomic E-state index is 11.9. The van der Waals surface area contributed by atoms with Gasteiger partial charge in [0.15, 0.2) is 5.75 Å². The van der Waals surface area contributed by atoms with Gasteiger partial charge in [0.05, 0.1) is 12.8 Å². The van der Waals surface area contributed by atoms with E-state index in [4.69, 9.17) is 36.4 Å². The molecule has 0 radical (unpaired) electrons. The van der Waals surface area contributed by atoms with Crippen LogP contribution in [0.2, 0.25) is 10.0 Å².